The molecule has 24 heavy (non-hydrogen) atoms. The summed E-state index contributed by atoms with van der Waals surface area (Å²) in [4.78, 5) is 18.3. The van der Waals surface area contributed by atoms with E-state index < -0.39 is 0 Å². The number of carbonyl (C=O) groups excluding carboxylic acids is 1. The van der Waals surface area contributed by atoms with E-state index in [0.29, 0.717) is 16.5 Å². The van der Waals surface area contributed by atoms with E-state index in [1.54, 1.807) is 12.3 Å². The molecule has 3 rings (SSSR count). The number of rotatable bonds is 5. The Morgan fingerprint density at radius 2 is 2.21 bits per heavy atom. The first-order chi connectivity index (χ1) is 11.7. The van der Waals surface area contributed by atoms with Gasteiger partial charge in [-0.2, -0.15) is 0 Å². The zero-order chi connectivity index (χ0) is 16.9. The summed E-state index contributed by atoms with van der Waals surface area (Å²) in [6.07, 6.45) is 6.99. The van der Waals surface area contributed by atoms with Crippen molar-refractivity contribution < 1.29 is 4.79 Å². The maximum absolute atomic E-state index is 12.5. The summed E-state index contributed by atoms with van der Waals surface area (Å²) in [5.41, 5.74) is 1.47. The molecular formula is C16H21ClN6O. The first kappa shape index (κ1) is 16.9. The lowest BCUT2D eigenvalue weighted by atomic mass is 9.96. The third-order valence-electron chi connectivity index (χ3n) is 4.29. The molecule has 0 unspecified atom stereocenters. The molecule has 0 aromatic carbocycles. The Bertz CT molecular complexity index is 695. The molecular weight excluding hydrogens is 328 g/mol. The number of nitrogens with one attached hydrogen (secondary N) is 1. The number of aromatic nitrogens is 4. The maximum Gasteiger partial charge on any atom is 0.255 e. The molecule has 0 spiro atoms. The van der Waals surface area contributed by atoms with Crippen LogP contribution in [0.2, 0.25) is 5.02 Å². The van der Waals surface area contributed by atoms with Crippen molar-refractivity contribution in [1.29, 1.82) is 0 Å². The summed E-state index contributed by atoms with van der Waals surface area (Å²) in [6, 6.07) is 1.68. The van der Waals surface area contributed by atoms with Gasteiger partial charge in [-0.15, -0.1) is 5.10 Å². The molecule has 8 heteroatoms. The average Bonchev–Trinajstić information content (AvgIpc) is 3.03. The number of hydrogen-bond donors (Lipinski definition) is 1. The normalized spacial score (nSPS) is 15.7. The van der Waals surface area contributed by atoms with Gasteiger partial charge in [0.1, 0.15) is 0 Å². The molecule has 0 aliphatic carbocycles. The van der Waals surface area contributed by atoms with Crippen molar-refractivity contribution in [2.45, 2.75) is 25.9 Å². The smallest absolute Gasteiger partial charge is 0.255 e. The van der Waals surface area contributed by atoms with E-state index in [9.17, 15) is 4.79 Å². The first-order valence-electron chi connectivity index (χ1n) is 8.09. The van der Waals surface area contributed by atoms with Crippen LogP contribution in [0.15, 0.2) is 24.7 Å². The van der Waals surface area contributed by atoms with Crippen molar-refractivity contribution in [3.8, 4) is 0 Å². The molecule has 7 nitrogen and oxygen atoms in total. The highest BCUT2D eigenvalue weighted by atomic mass is 35.5. The lowest BCUT2D eigenvalue weighted by Gasteiger charge is -2.32. The first-order valence-corrected chi connectivity index (χ1v) is 8.47. The number of pyridine rings is 1. The fourth-order valence-electron chi connectivity index (χ4n) is 2.99. The Labute approximate surface area is 146 Å². The highest BCUT2D eigenvalue weighted by Crippen LogP contribution is 2.22. The van der Waals surface area contributed by atoms with Gasteiger partial charge in [-0.1, -0.05) is 16.8 Å². The highest BCUT2D eigenvalue weighted by Gasteiger charge is 2.25. The lowest BCUT2D eigenvalue weighted by Crippen LogP contribution is -2.39. The molecule has 128 valence electrons. The molecule has 1 aliphatic heterocycles. The van der Waals surface area contributed by atoms with Gasteiger partial charge in [-0.3, -0.25) is 14.5 Å². The molecule has 0 saturated carbocycles. The van der Waals surface area contributed by atoms with Crippen LogP contribution in [-0.2, 0) is 13.1 Å². The molecule has 1 amide bonds. The SMILES string of the molecule is CNCc1cn(CC2CCN(C(=O)c3ccncc3Cl)CC2)nn1. The predicted molar refractivity (Wildman–Crippen MR) is 90.7 cm³/mol. The van der Waals surface area contributed by atoms with Crippen molar-refractivity contribution in [3.63, 3.8) is 0 Å². The van der Waals surface area contributed by atoms with Crippen LogP contribution < -0.4 is 5.32 Å². The summed E-state index contributed by atoms with van der Waals surface area (Å²) in [7, 11) is 1.89. The Morgan fingerprint density at radius 1 is 1.42 bits per heavy atom. The molecule has 3 heterocycles. The van der Waals surface area contributed by atoms with Crippen LogP contribution in [0.25, 0.3) is 0 Å². The maximum atomic E-state index is 12.5. The zero-order valence-electron chi connectivity index (χ0n) is 13.7. The number of hydrogen-bond acceptors (Lipinski definition) is 5. The molecule has 1 N–H and O–H groups in total. The van der Waals surface area contributed by atoms with Crippen LogP contribution >= 0.6 is 11.6 Å². The summed E-state index contributed by atoms with van der Waals surface area (Å²) >= 11 is 6.07. The van der Waals surface area contributed by atoms with E-state index in [0.717, 1.165) is 44.7 Å². The largest absolute Gasteiger partial charge is 0.339 e. The number of halogens is 1. The number of nitrogens with zero attached hydrogens (tertiary/aromatic N) is 5. The third-order valence-corrected chi connectivity index (χ3v) is 4.60. The molecule has 1 saturated heterocycles. The van der Waals surface area contributed by atoms with Crippen molar-refractivity contribution in [2.24, 2.45) is 5.92 Å². The fraction of sp³-hybridized carbons (Fsp3) is 0.500. The van der Waals surface area contributed by atoms with Gasteiger partial charge >= 0.3 is 0 Å². The minimum absolute atomic E-state index is 0.0158. The summed E-state index contributed by atoms with van der Waals surface area (Å²) in [5.74, 6) is 0.490. The van der Waals surface area contributed by atoms with E-state index in [4.69, 9.17) is 11.6 Å². The van der Waals surface area contributed by atoms with Crippen molar-refractivity contribution in [1.82, 2.24) is 30.2 Å². The predicted octanol–water partition coefficient (Wildman–Crippen LogP) is 1.60. The molecule has 0 radical (unpaired) electrons. The second-order valence-electron chi connectivity index (χ2n) is 6.05. The molecule has 2 aromatic rings. The van der Waals surface area contributed by atoms with Crippen LogP contribution in [0.4, 0.5) is 0 Å². The fourth-order valence-corrected chi connectivity index (χ4v) is 3.19. The van der Waals surface area contributed by atoms with Crippen LogP contribution in [0.5, 0.6) is 0 Å². The van der Waals surface area contributed by atoms with E-state index in [-0.39, 0.29) is 5.91 Å². The van der Waals surface area contributed by atoms with Crippen molar-refractivity contribution in [3.05, 3.63) is 40.9 Å². The van der Waals surface area contributed by atoms with E-state index in [2.05, 4.69) is 20.6 Å². The minimum Gasteiger partial charge on any atom is -0.339 e. The standard InChI is InChI=1S/C16H21ClN6O/c1-18-8-13-11-23(21-20-13)10-12-3-6-22(7-4-12)16(24)14-2-5-19-9-15(14)17/h2,5,9,11-12,18H,3-4,6-8,10H2,1H3. The van der Waals surface area contributed by atoms with Gasteiger partial charge < -0.3 is 10.2 Å². The minimum atomic E-state index is -0.0158. The van der Waals surface area contributed by atoms with Crippen LogP contribution in [-0.4, -0.2) is 50.9 Å². The number of amides is 1. The highest BCUT2D eigenvalue weighted by molar-refractivity contribution is 6.33. The van der Waals surface area contributed by atoms with E-state index in [1.807, 2.05) is 22.8 Å². The Kier molecular flexibility index (Phi) is 5.42. The molecule has 1 aliphatic rings. The van der Waals surface area contributed by atoms with Gasteiger partial charge in [0.05, 0.1) is 16.3 Å². The number of piperidine rings is 1. The second kappa shape index (κ2) is 7.72. The zero-order valence-corrected chi connectivity index (χ0v) is 14.4. The van der Waals surface area contributed by atoms with Crippen LogP contribution in [0.1, 0.15) is 28.9 Å². The van der Waals surface area contributed by atoms with E-state index in [1.165, 1.54) is 6.20 Å². The van der Waals surface area contributed by atoms with E-state index >= 15 is 0 Å². The summed E-state index contributed by atoms with van der Waals surface area (Å²) in [6.45, 7) is 3.04. The quantitative estimate of drug-likeness (QED) is 0.888. The second-order valence-corrected chi connectivity index (χ2v) is 6.46. The summed E-state index contributed by atoms with van der Waals surface area (Å²) in [5, 5.41) is 11.8. The average molecular weight is 349 g/mol. The van der Waals surface area contributed by atoms with Crippen molar-refractivity contribution >= 4 is 17.5 Å². The van der Waals surface area contributed by atoms with Gasteiger partial charge in [0.25, 0.3) is 5.91 Å². The van der Waals surface area contributed by atoms with Crippen LogP contribution in [0, 0.1) is 5.92 Å². The lowest BCUT2D eigenvalue weighted by molar-refractivity contribution is 0.0681. The Hall–Kier alpha value is -1.99. The molecule has 2 aromatic heterocycles. The topological polar surface area (TPSA) is 75.9 Å². The van der Waals surface area contributed by atoms with Gasteiger partial charge in [0, 0.05) is 44.8 Å². The monoisotopic (exact) mass is 348 g/mol. The third kappa shape index (κ3) is 3.91. The van der Waals surface area contributed by atoms with Crippen molar-refractivity contribution in [2.75, 3.05) is 20.1 Å². The van der Waals surface area contributed by atoms with Gasteiger partial charge in [-0.25, -0.2) is 0 Å². The van der Waals surface area contributed by atoms with Gasteiger partial charge in [0.15, 0.2) is 0 Å². The molecule has 0 bridgehead atoms. The number of carbonyl (C=O) groups is 1. The molecule has 0 atom stereocenters. The summed E-state index contributed by atoms with van der Waals surface area (Å²) < 4.78 is 1.90. The van der Waals surface area contributed by atoms with Crippen LogP contribution in [0.3, 0.4) is 0 Å². The molecule has 1 fully saturated rings. The van der Waals surface area contributed by atoms with Gasteiger partial charge in [-0.05, 0) is 31.9 Å². The Balaban J connectivity index is 1.53. The number of likely N-dealkylation sites (tertiary alicyclic amines) is 1. The Morgan fingerprint density at radius 3 is 2.92 bits per heavy atom. The van der Waals surface area contributed by atoms with Gasteiger partial charge in [0.2, 0.25) is 0 Å².